The number of rotatable bonds is 8. The van der Waals surface area contributed by atoms with E-state index in [0.717, 1.165) is 17.7 Å². The first-order chi connectivity index (χ1) is 9.54. The van der Waals surface area contributed by atoms with Crippen molar-refractivity contribution in [3.8, 4) is 0 Å². The first kappa shape index (κ1) is 15.4. The quantitative estimate of drug-likeness (QED) is 0.707. The topological polar surface area (TPSA) is 67.4 Å². The van der Waals surface area contributed by atoms with Gasteiger partial charge in [-0.3, -0.25) is 0 Å². The van der Waals surface area contributed by atoms with Crippen LogP contribution in [0, 0.1) is 6.92 Å². The molecule has 1 fully saturated rings. The van der Waals surface area contributed by atoms with Gasteiger partial charge in [-0.25, -0.2) is 13.1 Å². The molecule has 1 aromatic carbocycles. The zero-order valence-corrected chi connectivity index (χ0v) is 12.8. The second kappa shape index (κ2) is 6.67. The van der Waals surface area contributed by atoms with Crippen LogP contribution < -0.4 is 10.0 Å². The first-order valence-electron chi connectivity index (χ1n) is 6.85. The van der Waals surface area contributed by atoms with Gasteiger partial charge in [-0.15, -0.1) is 0 Å². The summed E-state index contributed by atoms with van der Waals surface area (Å²) in [6.45, 7) is 3.22. The third kappa shape index (κ3) is 4.02. The predicted molar refractivity (Wildman–Crippen MR) is 78.1 cm³/mol. The number of benzene rings is 1. The van der Waals surface area contributed by atoms with Crippen molar-refractivity contribution in [3.63, 3.8) is 0 Å². The molecule has 5 nitrogen and oxygen atoms in total. The number of hydrogen-bond donors (Lipinski definition) is 2. The van der Waals surface area contributed by atoms with Crippen molar-refractivity contribution in [3.05, 3.63) is 29.3 Å². The molecule has 1 aliphatic carbocycles. The van der Waals surface area contributed by atoms with Gasteiger partial charge in [0.15, 0.2) is 0 Å². The lowest BCUT2D eigenvalue weighted by atomic mass is 10.1. The lowest BCUT2D eigenvalue weighted by Crippen LogP contribution is -2.28. The highest BCUT2D eigenvalue weighted by Crippen LogP contribution is 2.22. The smallest absolute Gasteiger partial charge is 0.240 e. The van der Waals surface area contributed by atoms with E-state index in [1.54, 1.807) is 19.2 Å². The second-order valence-corrected chi connectivity index (χ2v) is 6.82. The van der Waals surface area contributed by atoms with Crippen LogP contribution in [0.4, 0.5) is 0 Å². The molecule has 0 amide bonds. The average molecular weight is 298 g/mol. The molecule has 0 bridgehead atoms. The van der Waals surface area contributed by atoms with Gasteiger partial charge in [-0.05, 0) is 37.0 Å². The molecule has 0 radical (unpaired) electrons. The molecule has 0 atom stereocenters. The van der Waals surface area contributed by atoms with Crippen molar-refractivity contribution in [2.45, 2.75) is 37.2 Å². The highest BCUT2D eigenvalue weighted by atomic mass is 32.2. The SMILES string of the molecule is COCCNS(=O)(=O)c1cccc(CNC2CC2)c1C. The zero-order chi connectivity index (χ0) is 14.6. The summed E-state index contributed by atoms with van der Waals surface area (Å²) in [6.07, 6.45) is 2.44. The van der Waals surface area contributed by atoms with E-state index in [-0.39, 0.29) is 6.54 Å². The summed E-state index contributed by atoms with van der Waals surface area (Å²) in [5, 5.41) is 3.41. The van der Waals surface area contributed by atoms with E-state index in [1.807, 2.05) is 13.0 Å². The number of methoxy groups -OCH3 is 1. The van der Waals surface area contributed by atoms with Crippen LogP contribution in [0.15, 0.2) is 23.1 Å². The molecule has 20 heavy (non-hydrogen) atoms. The fraction of sp³-hybridized carbons (Fsp3) is 0.571. The van der Waals surface area contributed by atoms with Gasteiger partial charge in [-0.2, -0.15) is 0 Å². The molecular weight excluding hydrogens is 276 g/mol. The van der Waals surface area contributed by atoms with Crippen LogP contribution in [0.1, 0.15) is 24.0 Å². The highest BCUT2D eigenvalue weighted by molar-refractivity contribution is 7.89. The third-order valence-electron chi connectivity index (χ3n) is 3.44. The van der Waals surface area contributed by atoms with Gasteiger partial charge in [0.1, 0.15) is 0 Å². The molecular formula is C14H22N2O3S. The minimum Gasteiger partial charge on any atom is -0.383 e. The Labute approximate surface area is 120 Å². The maximum absolute atomic E-state index is 12.2. The molecule has 1 aliphatic rings. The molecule has 6 heteroatoms. The van der Waals surface area contributed by atoms with Gasteiger partial charge in [0.25, 0.3) is 0 Å². The Hall–Kier alpha value is -0.950. The van der Waals surface area contributed by atoms with E-state index >= 15 is 0 Å². The Balaban J connectivity index is 2.11. The van der Waals surface area contributed by atoms with Gasteiger partial charge < -0.3 is 10.1 Å². The molecule has 0 aromatic heterocycles. The third-order valence-corrected chi connectivity index (χ3v) is 5.05. The second-order valence-electron chi connectivity index (χ2n) is 5.09. The normalized spacial score (nSPS) is 15.5. The highest BCUT2D eigenvalue weighted by Gasteiger charge is 2.22. The van der Waals surface area contributed by atoms with Crippen molar-refractivity contribution in [1.29, 1.82) is 0 Å². The van der Waals surface area contributed by atoms with Crippen LogP contribution in [-0.4, -0.2) is 34.7 Å². The Morgan fingerprint density at radius 3 is 2.75 bits per heavy atom. The molecule has 0 heterocycles. The molecule has 0 aliphatic heterocycles. The van der Waals surface area contributed by atoms with Crippen LogP contribution in [-0.2, 0) is 21.3 Å². The fourth-order valence-corrected chi connectivity index (χ4v) is 3.34. The Morgan fingerprint density at radius 1 is 1.35 bits per heavy atom. The average Bonchev–Trinajstić information content (AvgIpc) is 3.21. The summed E-state index contributed by atoms with van der Waals surface area (Å²) in [7, 11) is -1.92. The summed E-state index contributed by atoms with van der Waals surface area (Å²) in [5.41, 5.74) is 1.84. The Bertz CT molecular complexity index is 554. The number of nitrogens with one attached hydrogen (secondary N) is 2. The Morgan fingerprint density at radius 2 is 2.10 bits per heavy atom. The van der Waals surface area contributed by atoms with Crippen molar-refractivity contribution in [1.82, 2.24) is 10.0 Å². The van der Waals surface area contributed by atoms with Crippen LogP contribution in [0.5, 0.6) is 0 Å². The standard InChI is InChI=1S/C14H22N2O3S/c1-11-12(10-15-13-6-7-13)4-3-5-14(11)20(17,18)16-8-9-19-2/h3-5,13,15-16H,6-10H2,1-2H3. The largest absolute Gasteiger partial charge is 0.383 e. The van der Waals surface area contributed by atoms with Gasteiger partial charge in [0.2, 0.25) is 10.0 Å². The maximum atomic E-state index is 12.2. The minimum absolute atomic E-state index is 0.281. The summed E-state index contributed by atoms with van der Waals surface area (Å²) in [4.78, 5) is 0.351. The van der Waals surface area contributed by atoms with E-state index in [2.05, 4.69) is 10.0 Å². The lowest BCUT2D eigenvalue weighted by molar-refractivity contribution is 0.204. The number of hydrogen-bond acceptors (Lipinski definition) is 4. The van der Waals surface area contributed by atoms with Crippen molar-refractivity contribution >= 4 is 10.0 Å². The molecule has 0 unspecified atom stereocenters. The van der Waals surface area contributed by atoms with Crippen LogP contribution >= 0.6 is 0 Å². The zero-order valence-electron chi connectivity index (χ0n) is 12.0. The molecule has 1 aromatic rings. The summed E-state index contributed by atoms with van der Waals surface area (Å²) in [5.74, 6) is 0. The van der Waals surface area contributed by atoms with E-state index in [4.69, 9.17) is 4.74 Å². The van der Waals surface area contributed by atoms with Gasteiger partial charge in [0.05, 0.1) is 11.5 Å². The molecule has 2 N–H and O–H groups in total. The number of sulfonamides is 1. The summed E-state index contributed by atoms with van der Waals surface area (Å²) < 4.78 is 31.9. The van der Waals surface area contributed by atoms with Gasteiger partial charge in [0, 0.05) is 26.2 Å². The van der Waals surface area contributed by atoms with Crippen molar-refractivity contribution in [2.75, 3.05) is 20.3 Å². The van der Waals surface area contributed by atoms with E-state index in [1.165, 1.54) is 12.8 Å². The first-order valence-corrected chi connectivity index (χ1v) is 8.33. The van der Waals surface area contributed by atoms with Crippen molar-refractivity contribution in [2.24, 2.45) is 0 Å². The van der Waals surface area contributed by atoms with E-state index in [0.29, 0.717) is 17.5 Å². The fourth-order valence-electron chi connectivity index (χ4n) is 2.04. The maximum Gasteiger partial charge on any atom is 0.240 e. The molecule has 1 saturated carbocycles. The van der Waals surface area contributed by atoms with Crippen LogP contribution in [0.3, 0.4) is 0 Å². The molecule has 0 saturated heterocycles. The van der Waals surface area contributed by atoms with E-state index in [9.17, 15) is 8.42 Å². The number of ether oxygens (including phenoxy) is 1. The molecule has 2 rings (SSSR count). The summed E-state index contributed by atoms with van der Waals surface area (Å²) in [6, 6.07) is 6.01. The van der Waals surface area contributed by atoms with Gasteiger partial charge >= 0.3 is 0 Å². The van der Waals surface area contributed by atoms with E-state index < -0.39 is 10.0 Å². The van der Waals surface area contributed by atoms with Crippen LogP contribution in [0.25, 0.3) is 0 Å². The summed E-state index contributed by atoms with van der Waals surface area (Å²) >= 11 is 0. The Kier molecular flexibility index (Phi) is 5.15. The predicted octanol–water partition coefficient (Wildman–Crippen LogP) is 1.17. The minimum atomic E-state index is -3.47. The van der Waals surface area contributed by atoms with Crippen LogP contribution in [0.2, 0.25) is 0 Å². The monoisotopic (exact) mass is 298 g/mol. The van der Waals surface area contributed by atoms with Crippen molar-refractivity contribution < 1.29 is 13.2 Å². The lowest BCUT2D eigenvalue weighted by Gasteiger charge is -2.13. The van der Waals surface area contributed by atoms with Gasteiger partial charge in [-0.1, -0.05) is 12.1 Å². The molecule has 112 valence electrons. The molecule has 0 spiro atoms.